The predicted octanol–water partition coefficient (Wildman–Crippen LogP) is 3.35. The first kappa shape index (κ1) is 17.5. The highest BCUT2D eigenvalue weighted by molar-refractivity contribution is 5.89. The molecule has 2 amide bonds. The van der Waals surface area contributed by atoms with Gasteiger partial charge in [0.15, 0.2) is 0 Å². The number of anilines is 1. The molecule has 1 aromatic rings. The zero-order valence-corrected chi connectivity index (χ0v) is 13.9. The van der Waals surface area contributed by atoms with Crippen LogP contribution in [0.3, 0.4) is 0 Å². The fraction of sp³-hybridized carbons (Fsp3) is 0.588. The summed E-state index contributed by atoms with van der Waals surface area (Å²) >= 11 is 0. The number of carbonyl (C=O) groups excluding carboxylic acids is 1. The molecule has 1 rings (SSSR count). The number of carbonyl (C=O) groups is 1. The number of aryl methyl sites for hydroxylation is 1. The summed E-state index contributed by atoms with van der Waals surface area (Å²) < 4.78 is 0. The smallest absolute Gasteiger partial charge is 0.319 e. The highest BCUT2D eigenvalue weighted by Gasteiger charge is 2.15. The maximum atomic E-state index is 12.1. The van der Waals surface area contributed by atoms with E-state index >= 15 is 0 Å². The summed E-state index contributed by atoms with van der Waals surface area (Å²) in [6, 6.07) is 8.01. The molecule has 2 N–H and O–H groups in total. The van der Waals surface area contributed by atoms with Gasteiger partial charge in [0.1, 0.15) is 0 Å². The third kappa shape index (κ3) is 7.14. The maximum absolute atomic E-state index is 12.1. The number of likely N-dealkylation sites (N-methyl/N-ethyl adjacent to an activating group) is 1. The average molecular weight is 291 g/mol. The standard InChI is InChI=1S/C17H29N3O/c1-6-14-8-7-9-15(11-14)18-17(21)19-16(10-13(2)3)12-20(4)5/h7-9,11,13,16H,6,10,12H2,1-5H3,(H2,18,19,21)/t16-/m0/s1. The van der Waals surface area contributed by atoms with Crippen LogP contribution in [0.5, 0.6) is 0 Å². The van der Waals surface area contributed by atoms with Crippen LogP contribution in [0.25, 0.3) is 0 Å². The van der Waals surface area contributed by atoms with Gasteiger partial charge in [0.25, 0.3) is 0 Å². The van der Waals surface area contributed by atoms with Crippen molar-refractivity contribution in [2.45, 2.75) is 39.7 Å². The van der Waals surface area contributed by atoms with Gasteiger partial charge >= 0.3 is 6.03 Å². The number of hydrogen-bond acceptors (Lipinski definition) is 2. The van der Waals surface area contributed by atoms with Gasteiger partial charge in [-0.15, -0.1) is 0 Å². The van der Waals surface area contributed by atoms with Crippen molar-refractivity contribution in [2.24, 2.45) is 5.92 Å². The van der Waals surface area contributed by atoms with Gasteiger partial charge in [-0.25, -0.2) is 4.79 Å². The van der Waals surface area contributed by atoms with E-state index in [-0.39, 0.29) is 12.1 Å². The van der Waals surface area contributed by atoms with Crippen molar-refractivity contribution in [1.82, 2.24) is 10.2 Å². The van der Waals surface area contributed by atoms with Crippen LogP contribution >= 0.6 is 0 Å². The van der Waals surface area contributed by atoms with Crippen LogP contribution in [-0.2, 0) is 6.42 Å². The van der Waals surface area contributed by atoms with E-state index in [0.29, 0.717) is 5.92 Å². The molecule has 0 aliphatic carbocycles. The van der Waals surface area contributed by atoms with E-state index in [1.54, 1.807) is 0 Å². The lowest BCUT2D eigenvalue weighted by Gasteiger charge is -2.24. The first-order valence-corrected chi connectivity index (χ1v) is 7.71. The number of amides is 2. The van der Waals surface area contributed by atoms with Gasteiger partial charge in [0, 0.05) is 18.3 Å². The van der Waals surface area contributed by atoms with E-state index in [1.165, 1.54) is 5.56 Å². The van der Waals surface area contributed by atoms with Gasteiger partial charge < -0.3 is 15.5 Å². The van der Waals surface area contributed by atoms with Gasteiger partial charge in [-0.2, -0.15) is 0 Å². The second kappa shape index (κ2) is 8.67. The molecule has 4 heteroatoms. The summed E-state index contributed by atoms with van der Waals surface area (Å²) in [6.45, 7) is 7.30. The van der Waals surface area contributed by atoms with Crippen molar-refractivity contribution >= 4 is 11.7 Å². The van der Waals surface area contributed by atoms with E-state index in [2.05, 4.69) is 42.4 Å². The zero-order chi connectivity index (χ0) is 15.8. The van der Waals surface area contributed by atoms with E-state index in [0.717, 1.165) is 25.1 Å². The molecule has 0 radical (unpaired) electrons. The zero-order valence-electron chi connectivity index (χ0n) is 13.9. The highest BCUT2D eigenvalue weighted by Crippen LogP contribution is 2.11. The first-order chi connectivity index (χ1) is 9.90. The van der Waals surface area contributed by atoms with Crippen molar-refractivity contribution < 1.29 is 4.79 Å². The van der Waals surface area contributed by atoms with E-state index in [1.807, 2.05) is 32.3 Å². The van der Waals surface area contributed by atoms with Crippen LogP contribution in [0.4, 0.5) is 10.5 Å². The Morgan fingerprint density at radius 3 is 2.57 bits per heavy atom. The molecular weight excluding hydrogens is 262 g/mol. The van der Waals surface area contributed by atoms with Gasteiger partial charge in [-0.05, 0) is 50.6 Å². The number of benzene rings is 1. The molecule has 1 atom stereocenters. The van der Waals surface area contributed by atoms with E-state index in [4.69, 9.17) is 0 Å². The largest absolute Gasteiger partial charge is 0.334 e. The van der Waals surface area contributed by atoms with Crippen molar-refractivity contribution in [3.63, 3.8) is 0 Å². The minimum absolute atomic E-state index is 0.129. The molecule has 118 valence electrons. The molecule has 0 fully saturated rings. The Hall–Kier alpha value is -1.55. The summed E-state index contributed by atoms with van der Waals surface area (Å²) in [5.41, 5.74) is 2.07. The molecule has 21 heavy (non-hydrogen) atoms. The van der Waals surface area contributed by atoms with Crippen molar-refractivity contribution in [3.8, 4) is 0 Å². The number of nitrogens with one attached hydrogen (secondary N) is 2. The Morgan fingerprint density at radius 2 is 2.00 bits per heavy atom. The van der Waals surface area contributed by atoms with Gasteiger partial charge in [-0.1, -0.05) is 32.9 Å². The molecule has 4 nitrogen and oxygen atoms in total. The Bertz CT molecular complexity index is 433. The van der Waals surface area contributed by atoms with E-state index in [9.17, 15) is 4.79 Å². The van der Waals surface area contributed by atoms with Crippen molar-refractivity contribution in [3.05, 3.63) is 29.8 Å². The monoisotopic (exact) mass is 291 g/mol. The minimum atomic E-state index is -0.129. The molecule has 0 saturated heterocycles. The molecule has 0 aliphatic heterocycles. The lowest BCUT2D eigenvalue weighted by molar-refractivity contribution is 0.240. The molecular formula is C17H29N3O. The SMILES string of the molecule is CCc1cccc(NC(=O)N[C@@H](CC(C)C)CN(C)C)c1. The quantitative estimate of drug-likeness (QED) is 0.809. The average Bonchev–Trinajstić information content (AvgIpc) is 2.37. The number of nitrogens with zero attached hydrogens (tertiary/aromatic N) is 1. The molecule has 0 unspecified atom stereocenters. The van der Waals surface area contributed by atoms with Crippen LogP contribution in [0.15, 0.2) is 24.3 Å². The predicted molar refractivity (Wildman–Crippen MR) is 89.8 cm³/mol. The van der Waals surface area contributed by atoms with Crippen LogP contribution in [0.1, 0.15) is 32.8 Å². The molecule has 0 aliphatic rings. The van der Waals surface area contributed by atoms with Crippen LogP contribution in [0.2, 0.25) is 0 Å². The Kier molecular flexibility index (Phi) is 7.23. The maximum Gasteiger partial charge on any atom is 0.319 e. The third-order valence-corrected chi connectivity index (χ3v) is 3.27. The molecule has 0 bridgehead atoms. The van der Waals surface area contributed by atoms with Crippen LogP contribution in [0, 0.1) is 5.92 Å². The molecule has 1 aromatic carbocycles. The normalized spacial score (nSPS) is 12.5. The van der Waals surface area contributed by atoms with Crippen LogP contribution < -0.4 is 10.6 Å². The van der Waals surface area contributed by atoms with Crippen molar-refractivity contribution in [1.29, 1.82) is 0 Å². The highest BCUT2D eigenvalue weighted by atomic mass is 16.2. The molecule has 0 saturated carbocycles. The third-order valence-electron chi connectivity index (χ3n) is 3.27. The second-order valence-electron chi connectivity index (χ2n) is 6.24. The lowest BCUT2D eigenvalue weighted by Crippen LogP contribution is -2.44. The summed E-state index contributed by atoms with van der Waals surface area (Å²) in [5.74, 6) is 0.554. The first-order valence-electron chi connectivity index (χ1n) is 7.71. The Morgan fingerprint density at radius 1 is 1.29 bits per heavy atom. The number of hydrogen-bond donors (Lipinski definition) is 2. The number of rotatable bonds is 7. The van der Waals surface area contributed by atoms with Crippen LogP contribution in [-0.4, -0.2) is 37.6 Å². The summed E-state index contributed by atoms with van der Waals surface area (Å²) in [7, 11) is 4.05. The molecule has 0 aromatic heterocycles. The topological polar surface area (TPSA) is 44.4 Å². The number of urea groups is 1. The fourth-order valence-corrected chi connectivity index (χ4v) is 2.41. The second-order valence-corrected chi connectivity index (χ2v) is 6.24. The van der Waals surface area contributed by atoms with Gasteiger partial charge in [0.05, 0.1) is 0 Å². The van der Waals surface area contributed by atoms with Gasteiger partial charge in [-0.3, -0.25) is 0 Å². The van der Waals surface area contributed by atoms with Gasteiger partial charge in [0.2, 0.25) is 0 Å². The lowest BCUT2D eigenvalue weighted by atomic mass is 10.0. The van der Waals surface area contributed by atoms with Crippen molar-refractivity contribution in [2.75, 3.05) is 26.0 Å². The Balaban J connectivity index is 2.59. The Labute approximate surface area is 128 Å². The fourth-order valence-electron chi connectivity index (χ4n) is 2.41. The van der Waals surface area contributed by atoms with E-state index < -0.39 is 0 Å². The summed E-state index contributed by atoms with van der Waals surface area (Å²) in [6.07, 6.45) is 1.94. The molecule has 0 spiro atoms. The summed E-state index contributed by atoms with van der Waals surface area (Å²) in [4.78, 5) is 14.2. The summed E-state index contributed by atoms with van der Waals surface area (Å²) in [5, 5.41) is 6.00. The minimum Gasteiger partial charge on any atom is -0.334 e. The molecule has 0 heterocycles.